The Morgan fingerprint density at radius 3 is 2.48 bits per heavy atom. The molecule has 1 aliphatic carbocycles. The fraction of sp³-hybridized carbons (Fsp3) is 0.578. The number of hydrazine groups is 1. The predicted octanol–water partition coefficient (Wildman–Crippen LogP) is 5.54. The largest absolute Gasteiger partial charge is 0.464 e. The third kappa shape index (κ3) is 12.3. The van der Waals surface area contributed by atoms with E-state index in [1.807, 2.05) is 25.4 Å². The van der Waals surface area contributed by atoms with Gasteiger partial charge < -0.3 is 29.4 Å². The predicted molar refractivity (Wildman–Crippen MR) is 284 cm³/mol. The van der Waals surface area contributed by atoms with Crippen molar-refractivity contribution < 1.29 is 29.0 Å². The van der Waals surface area contributed by atoms with Crippen LogP contribution in [-0.2, 0) is 43.2 Å². The summed E-state index contributed by atoms with van der Waals surface area (Å²) in [4.78, 5) is 56.1. The van der Waals surface area contributed by atoms with Crippen LogP contribution in [0.25, 0.3) is 33.4 Å². The third-order valence-corrected chi connectivity index (χ3v) is 13.7. The Bertz CT molecular complexity index is 2250. The van der Waals surface area contributed by atoms with Crippen molar-refractivity contribution in [3.63, 3.8) is 0 Å². The molecule has 0 spiro atoms. The van der Waals surface area contributed by atoms with Crippen molar-refractivity contribution in [3.05, 3.63) is 52.1 Å². The van der Waals surface area contributed by atoms with E-state index < -0.39 is 23.5 Å². The van der Waals surface area contributed by atoms with Gasteiger partial charge in [0.15, 0.2) is 0 Å². The Kier molecular flexibility index (Phi) is 21.0. The number of aliphatic hydroxyl groups excluding tert-OH is 1. The summed E-state index contributed by atoms with van der Waals surface area (Å²) in [6.07, 6.45) is 4.48. The lowest BCUT2D eigenvalue weighted by Gasteiger charge is -2.36. The fourth-order valence-corrected chi connectivity index (χ4v) is 9.96. The highest BCUT2D eigenvalue weighted by molar-refractivity contribution is 7.60. The van der Waals surface area contributed by atoms with Crippen molar-refractivity contribution in [2.45, 2.75) is 91.5 Å². The number of rotatable bonds is 9. The molecule has 14 nitrogen and oxygen atoms in total. The van der Waals surface area contributed by atoms with E-state index in [0.29, 0.717) is 44.8 Å². The number of aliphatic hydroxyl groups is 1. The van der Waals surface area contributed by atoms with Crippen LogP contribution in [0, 0.1) is 17.3 Å². The zero-order valence-corrected chi connectivity index (χ0v) is 44.1. The molecule has 2 amide bonds. The normalized spacial score (nSPS) is 22.4. The van der Waals surface area contributed by atoms with Crippen LogP contribution in [0.3, 0.4) is 0 Å². The second-order valence-electron chi connectivity index (χ2n) is 17.8. The number of piperazine rings is 1. The average molecular weight is 1010 g/mol. The number of methoxy groups -OCH3 is 1. The van der Waals surface area contributed by atoms with Gasteiger partial charge in [-0.25, -0.2) is 10.4 Å². The molecule has 1 saturated carbocycles. The molecule has 6 heterocycles. The number of hydrogen-bond acceptors (Lipinski definition) is 12. The van der Waals surface area contributed by atoms with Gasteiger partial charge in [0.05, 0.1) is 53.3 Å². The van der Waals surface area contributed by atoms with E-state index in [1.165, 1.54) is 16.3 Å². The molecule has 3 aliphatic heterocycles. The number of fused-ring (bicyclic) bond motifs is 6. The van der Waals surface area contributed by atoms with Crippen molar-refractivity contribution >= 4 is 113 Å². The van der Waals surface area contributed by atoms with Crippen molar-refractivity contribution in [3.8, 4) is 22.5 Å². The van der Waals surface area contributed by atoms with Crippen LogP contribution in [0.5, 0.6) is 0 Å². The Morgan fingerprint density at radius 2 is 1.82 bits per heavy atom. The van der Waals surface area contributed by atoms with E-state index >= 15 is 0 Å². The minimum atomic E-state index is -0.836. The number of esters is 1. The lowest BCUT2D eigenvalue weighted by Crippen LogP contribution is -2.60. The van der Waals surface area contributed by atoms with Crippen LogP contribution in [-0.4, -0.2) is 119 Å². The minimum absolute atomic E-state index is 0. The Hall–Kier alpha value is -2.66. The molecular weight excluding hydrogens is 941 g/mol. The summed E-state index contributed by atoms with van der Waals surface area (Å²) in [5.74, 6) is -0.603. The van der Waals surface area contributed by atoms with E-state index in [-0.39, 0.29) is 111 Å². The van der Waals surface area contributed by atoms with Gasteiger partial charge in [0.2, 0.25) is 5.91 Å². The van der Waals surface area contributed by atoms with Crippen LogP contribution in [0.2, 0.25) is 0 Å². The quantitative estimate of drug-likeness (QED) is 0.181. The number of carbonyl (C=O) groups excluding carboxylic acids is 3. The summed E-state index contributed by atoms with van der Waals surface area (Å²) < 4.78 is 14.5. The highest BCUT2D eigenvalue weighted by Crippen LogP contribution is 2.43. The van der Waals surface area contributed by atoms with Gasteiger partial charge in [-0.2, -0.15) is 67.5 Å². The van der Waals surface area contributed by atoms with Crippen molar-refractivity contribution in [2.24, 2.45) is 17.3 Å². The number of benzene rings is 1. The first-order valence-corrected chi connectivity index (χ1v) is 22.5. The number of cyclic esters (lactones) is 1. The van der Waals surface area contributed by atoms with Crippen LogP contribution in [0.15, 0.2) is 35.8 Å². The molecule has 0 unspecified atom stereocenters. The third-order valence-electron chi connectivity index (χ3n) is 12.8. The summed E-state index contributed by atoms with van der Waals surface area (Å²) >= 11 is 1.48. The van der Waals surface area contributed by atoms with Gasteiger partial charge in [-0.3, -0.25) is 29.3 Å². The van der Waals surface area contributed by atoms with Gasteiger partial charge in [-0.05, 0) is 69.2 Å². The van der Waals surface area contributed by atoms with E-state index in [0.717, 1.165) is 88.0 Å². The smallest absolute Gasteiger partial charge is 0.324 e. The fourth-order valence-electron chi connectivity index (χ4n) is 9.11. The standard InChI is InChI=1S/C45H60N8O6S.5H2S/c1-7-52-38-11-10-29-20-32(38)34(41(52)33-21-30(24-46-40(33)28(3)58-6)51-15-13-50(14-16-51)17-18-54)23-45(4,5)26-59-44(57)35-9-8-12-53(49-35)43(56)36(22-39-47-37(29)25-60-39)48-42(55)31-19-27(31)2;;;;;/h10-11,20-21,24-25,27-28,31,35-36,49,54H,7-9,12-19,22-23,26H2,1-6H3,(H,48,55);5*1H2/t27-,28-,31-,35-,36-;;;;;/m0...../s1. The summed E-state index contributed by atoms with van der Waals surface area (Å²) in [5, 5.41) is 18.0. The van der Waals surface area contributed by atoms with E-state index in [2.05, 4.69) is 70.1 Å². The van der Waals surface area contributed by atoms with Crippen molar-refractivity contribution in [1.82, 2.24) is 35.2 Å². The van der Waals surface area contributed by atoms with Crippen LogP contribution < -0.4 is 15.6 Å². The number of ether oxygens (including phenoxy) is 2. The molecule has 65 heavy (non-hydrogen) atoms. The van der Waals surface area contributed by atoms with Gasteiger partial charge in [-0.15, -0.1) is 11.3 Å². The number of thiazole rings is 1. The Balaban J connectivity index is 0.00000224. The first-order chi connectivity index (χ1) is 28.9. The van der Waals surface area contributed by atoms with Gasteiger partial charge in [-0.1, -0.05) is 26.8 Å². The number of aromatic nitrogens is 3. The lowest BCUT2D eigenvalue weighted by atomic mass is 9.84. The highest BCUT2D eigenvalue weighted by atomic mass is 32.1. The molecule has 6 bridgehead atoms. The first-order valence-electron chi connectivity index (χ1n) is 21.6. The summed E-state index contributed by atoms with van der Waals surface area (Å²) in [6.45, 7) is 16.0. The topological polar surface area (TPSA) is 154 Å². The minimum Gasteiger partial charge on any atom is -0.464 e. The SMILES string of the molecule is CCn1c(-c2cc(N3CCN(CCO)CC3)cnc2[C@H](C)OC)c2c3cc(ccc31)-c1csc(n1)C[C@H](NC(=O)[C@H]1C[C@@H]1C)C(=O)N1CCC[C@H](N1)C(=O)OCC(C)(C)C2.S.S.S.S.S. The molecule has 2 saturated heterocycles. The Morgan fingerprint density at radius 1 is 1.09 bits per heavy atom. The van der Waals surface area contributed by atoms with Gasteiger partial charge in [0, 0.05) is 98.1 Å². The number of pyridine rings is 1. The monoisotopic (exact) mass is 1010 g/mol. The molecule has 362 valence electrons. The number of carbonyl (C=O) groups is 3. The van der Waals surface area contributed by atoms with Gasteiger partial charge in [0.25, 0.3) is 5.91 Å². The number of aryl methyl sites for hydroxylation is 1. The number of anilines is 1. The van der Waals surface area contributed by atoms with E-state index in [9.17, 15) is 19.5 Å². The molecule has 3 N–H and O–H groups in total. The number of hydrogen-bond donors (Lipinski definition) is 3. The second kappa shape index (κ2) is 24.1. The zero-order valence-electron chi connectivity index (χ0n) is 38.3. The molecule has 3 fully saturated rings. The van der Waals surface area contributed by atoms with Gasteiger partial charge in [0.1, 0.15) is 12.1 Å². The van der Waals surface area contributed by atoms with E-state index in [4.69, 9.17) is 19.4 Å². The average Bonchev–Trinajstić information content (AvgIpc) is 3.68. The molecule has 0 radical (unpaired) electrons. The van der Waals surface area contributed by atoms with Crippen LogP contribution in [0.4, 0.5) is 5.69 Å². The summed E-state index contributed by atoms with van der Waals surface area (Å²) in [6, 6.07) is 7.25. The maximum Gasteiger partial charge on any atom is 0.324 e. The molecular formula is C45H70N8O6S6. The number of nitrogens with zero attached hydrogens (tertiary/aromatic N) is 6. The summed E-state index contributed by atoms with van der Waals surface area (Å²) in [5.41, 5.74) is 10.6. The highest BCUT2D eigenvalue weighted by Gasteiger charge is 2.42. The van der Waals surface area contributed by atoms with Crippen molar-refractivity contribution in [1.29, 1.82) is 0 Å². The number of β-amino-alcohol motifs (C(OH)–C–C–N with tert-alkyl or cyclic N) is 1. The lowest BCUT2D eigenvalue weighted by molar-refractivity contribution is -0.155. The molecule has 4 aromatic rings. The number of nitrogens with one attached hydrogen (secondary N) is 2. The van der Waals surface area contributed by atoms with E-state index in [1.54, 1.807) is 7.11 Å². The number of amides is 2. The first kappa shape index (κ1) is 56.7. The molecule has 20 heteroatoms. The molecule has 3 aromatic heterocycles. The second-order valence-corrected chi connectivity index (χ2v) is 18.8. The maximum absolute atomic E-state index is 14.1. The summed E-state index contributed by atoms with van der Waals surface area (Å²) in [7, 11) is 1.71. The maximum atomic E-state index is 14.1. The molecule has 4 aliphatic rings. The molecule has 5 atom stereocenters. The Labute approximate surface area is 422 Å². The van der Waals surface area contributed by atoms with Crippen LogP contribution >= 0.6 is 78.8 Å². The zero-order chi connectivity index (χ0) is 42.3. The molecule has 8 rings (SSSR count). The van der Waals surface area contributed by atoms with Gasteiger partial charge >= 0.3 is 5.97 Å². The van der Waals surface area contributed by atoms with Crippen LogP contribution in [0.1, 0.15) is 76.3 Å². The van der Waals surface area contributed by atoms with Crippen molar-refractivity contribution in [2.75, 3.05) is 64.5 Å². The molecule has 1 aromatic carbocycles.